The number of ether oxygens (including phenoxy) is 2. The Morgan fingerprint density at radius 1 is 1.12 bits per heavy atom. The normalized spacial score (nSPS) is 20.2. The highest BCUT2D eigenvalue weighted by Crippen LogP contribution is 2.34. The van der Waals surface area contributed by atoms with Crippen LogP contribution in [0, 0.1) is 12.3 Å². The number of benzene rings is 2. The van der Waals surface area contributed by atoms with E-state index in [1.807, 2.05) is 48.5 Å². The summed E-state index contributed by atoms with van der Waals surface area (Å²) in [5.41, 5.74) is 1.80. The highest BCUT2D eigenvalue weighted by atomic mass is 16.7. The molecule has 0 aliphatic carbocycles. The number of piperazine rings is 1. The Balaban J connectivity index is 1.44. The molecule has 5 rings (SSSR count). The Hall–Kier alpha value is -4.49. The van der Waals surface area contributed by atoms with Gasteiger partial charge in [0.25, 0.3) is 0 Å². The number of unbranched alkanes of at least 4 members (excludes halogenated alkanes) is 1. The van der Waals surface area contributed by atoms with Crippen molar-refractivity contribution in [2.75, 3.05) is 26.4 Å². The van der Waals surface area contributed by atoms with Crippen molar-refractivity contribution in [1.82, 2.24) is 25.1 Å². The Bertz CT molecular complexity index is 1310. The summed E-state index contributed by atoms with van der Waals surface area (Å²) in [6, 6.07) is 14.0. The molecule has 0 aromatic heterocycles. The van der Waals surface area contributed by atoms with Crippen molar-refractivity contribution in [3.05, 3.63) is 72.3 Å². The van der Waals surface area contributed by atoms with Gasteiger partial charge in [-0.05, 0) is 42.5 Å². The van der Waals surface area contributed by atoms with E-state index in [1.165, 1.54) is 5.01 Å². The van der Waals surface area contributed by atoms with Gasteiger partial charge in [-0.1, -0.05) is 48.4 Å². The average Bonchev–Trinajstić information content (AvgIpc) is 3.42. The van der Waals surface area contributed by atoms with Crippen LogP contribution in [0.25, 0.3) is 0 Å². The van der Waals surface area contributed by atoms with Gasteiger partial charge in [-0.25, -0.2) is 9.80 Å². The molecule has 1 N–H and O–H groups in total. The van der Waals surface area contributed by atoms with Gasteiger partial charge in [0.2, 0.25) is 18.6 Å². The summed E-state index contributed by atoms with van der Waals surface area (Å²) >= 11 is 0. The molecule has 3 aliphatic heterocycles. The number of amides is 4. The summed E-state index contributed by atoms with van der Waals surface area (Å²) in [7, 11) is 0. The monoisotopic (exact) mass is 543 g/mol. The number of rotatable bonds is 9. The molecule has 0 spiro atoms. The summed E-state index contributed by atoms with van der Waals surface area (Å²) < 4.78 is 10.9. The third-order valence-electron chi connectivity index (χ3n) is 7.29. The lowest BCUT2D eigenvalue weighted by molar-refractivity contribution is -0.189. The molecule has 10 nitrogen and oxygen atoms in total. The van der Waals surface area contributed by atoms with Gasteiger partial charge in [0.15, 0.2) is 11.5 Å². The molecule has 0 bridgehead atoms. The van der Waals surface area contributed by atoms with E-state index >= 15 is 0 Å². The molecular weight excluding hydrogens is 510 g/mol. The van der Waals surface area contributed by atoms with E-state index in [0.29, 0.717) is 43.9 Å². The number of nitrogens with one attached hydrogen (secondary N) is 1. The first kappa shape index (κ1) is 27.1. The van der Waals surface area contributed by atoms with Gasteiger partial charge in [0.05, 0.1) is 19.6 Å². The molecular formula is C30H33N5O5. The van der Waals surface area contributed by atoms with Crippen molar-refractivity contribution in [2.45, 2.75) is 44.6 Å². The zero-order valence-electron chi connectivity index (χ0n) is 22.3. The maximum absolute atomic E-state index is 13.8. The molecule has 40 heavy (non-hydrogen) atoms. The maximum atomic E-state index is 13.8. The van der Waals surface area contributed by atoms with Gasteiger partial charge >= 0.3 is 6.03 Å². The highest BCUT2D eigenvalue weighted by Gasteiger charge is 2.51. The predicted molar refractivity (Wildman–Crippen MR) is 147 cm³/mol. The fourth-order valence-electron chi connectivity index (χ4n) is 5.43. The van der Waals surface area contributed by atoms with Crippen LogP contribution in [0.15, 0.2) is 61.2 Å². The summed E-state index contributed by atoms with van der Waals surface area (Å²) in [5.74, 6) is 3.47. The van der Waals surface area contributed by atoms with E-state index in [4.69, 9.17) is 15.9 Å². The van der Waals surface area contributed by atoms with E-state index in [1.54, 1.807) is 20.9 Å². The minimum absolute atomic E-state index is 0.0755. The molecule has 0 saturated carbocycles. The van der Waals surface area contributed by atoms with E-state index in [0.717, 1.165) is 11.1 Å². The van der Waals surface area contributed by atoms with Crippen molar-refractivity contribution in [3.63, 3.8) is 0 Å². The molecule has 2 aromatic rings. The third kappa shape index (κ3) is 5.60. The quantitative estimate of drug-likeness (QED) is 0.297. The molecule has 3 aliphatic rings. The van der Waals surface area contributed by atoms with Gasteiger partial charge in [-0.15, -0.1) is 13.0 Å². The molecule has 2 fully saturated rings. The SMILES string of the molecule is C#CCN1CC(=O)N2[C@@H](CCCC=C)C(=O)N(Cc3ccc4c(c3)OCO4)C[C@@H]2N1C(=O)NCc1ccccc1. The first-order valence-corrected chi connectivity index (χ1v) is 13.4. The van der Waals surface area contributed by atoms with Crippen molar-refractivity contribution in [1.29, 1.82) is 0 Å². The number of hydrogen-bond acceptors (Lipinski definition) is 6. The lowest BCUT2D eigenvalue weighted by Gasteiger charge is -2.55. The van der Waals surface area contributed by atoms with Crippen LogP contribution in [0.1, 0.15) is 30.4 Å². The molecule has 0 radical (unpaired) electrons. The predicted octanol–water partition coefficient (Wildman–Crippen LogP) is 2.71. The highest BCUT2D eigenvalue weighted by molar-refractivity contribution is 5.91. The number of nitrogens with zero attached hydrogens (tertiary/aromatic N) is 4. The topological polar surface area (TPSA) is 94.7 Å². The molecule has 3 heterocycles. The van der Waals surface area contributed by atoms with Crippen molar-refractivity contribution in [2.24, 2.45) is 0 Å². The van der Waals surface area contributed by atoms with Crippen LogP contribution >= 0.6 is 0 Å². The number of carbonyl (C=O) groups is 3. The fraction of sp³-hybridized carbons (Fsp3) is 0.367. The molecule has 2 aromatic carbocycles. The summed E-state index contributed by atoms with van der Waals surface area (Å²) in [6.45, 7) is 4.66. The van der Waals surface area contributed by atoms with E-state index in [9.17, 15) is 14.4 Å². The van der Waals surface area contributed by atoms with Crippen LogP contribution in [0.5, 0.6) is 11.5 Å². The first-order valence-electron chi connectivity index (χ1n) is 13.4. The van der Waals surface area contributed by atoms with E-state index < -0.39 is 12.2 Å². The summed E-state index contributed by atoms with van der Waals surface area (Å²) in [6.07, 6.45) is 8.57. The maximum Gasteiger partial charge on any atom is 0.334 e. The van der Waals surface area contributed by atoms with Crippen LogP contribution in [-0.2, 0) is 22.7 Å². The third-order valence-corrected chi connectivity index (χ3v) is 7.29. The molecule has 2 saturated heterocycles. The Kier molecular flexibility index (Phi) is 8.22. The van der Waals surface area contributed by atoms with Gasteiger partial charge in [-0.2, -0.15) is 5.01 Å². The van der Waals surface area contributed by atoms with Crippen molar-refractivity contribution < 1.29 is 23.9 Å². The van der Waals surface area contributed by atoms with Crippen LogP contribution in [0.4, 0.5) is 4.79 Å². The van der Waals surface area contributed by atoms with Crippen molar-refractivity contribution in [3.8, 4) is 23.8 Å². The molecule has 0 unspecified atom stereocenters. The average molecular weight is 544 g/mol. The van der Waals surface area contributed by atoms with Gasteiger partial charge in [-0.3, -0.25) is 9.59 Å². The van der Waals surface area contributed by atoms with Crippen LogP contribution < -0.4 is 14.8 Å². The summed E-state index contributed by atoms with van der Waals surface area (Å²) in [5, 5.41) is 6.07. The zero-order chi connectivity index (χ0) is 28.1. The number of allylic oxidation sites excluding steroid dienone is 1. The number of terminal acetylenes is 1. The van der Waals surface area contributed by atoms with Crippen LogP contribution in [0.2, 0.25) is 0 Å². The number of urea groups is 1. The fourth-order valence-corrected chi connectivity index (χ4v) is 5.43. The number of fused-ring (bicyclic) bond motifs is 2. The first-order chi connectivity index (χ1) is 19.5. The molecule has 2 atom stereocenters. The Morgan fingerprint density at radius 3 is 2.70 bits per heavy atom. The summed E-state index contributed by atoms with van der Waals surface area (Å²) in [4.78, 5) is 44.3. The second kappa shape index (κ2) is 12.1. The van der Waals surface area contributed by atoms with Gasteiger partial charge in [0, 0.05) is 13.1 Å². The minimum atomic E-state index is -0.717. The van der Waals surface area contributed by atoms with Crippen LogP contribution in [-0.4, -0.2) is 76.3 Å². The number of carbonyl (C=O) groups excluding carboxylic acids is 3. The van der Waals surface area contributed by atoms with Crippen LogP contribution in [0.3, 0.4) is 0 Å². The smallest absolute Gasteiger partial charge is 0.334 e. The Morgan fingerprint density at radius 2 is 1.93 bits per heavy atom. The van der Waals surface area contributed by atoms with Gasteiger partial charge < -0.3 is 24.6 Å². The number of hydrazine groups is 1. The van der Waals surface area contributed by atoms with E-state index in [-0.39, 0.29) is 44.3 Å². The standard InChI is InChI=1S/C30H33N5O5/c1-3-5-7-12-24-29(37)32(18-23-13-14-25-26(16-23)40-21-39-25)19-27-34(24)28(36)20-33(15-4-2)35(27)30(38)31-17-22-10-8-6-9-11-22/h2-3,6,8-11,13-14,16,24,27H,1,5,7,12,15,17-21H2,(H,31,38)/t24-,27-/m0/s1. The van der Waals surface area contributed by atoms with Gasteiger partial charge in [0.1, 0.15) is 12.2 Å². The Labute approximate surface area is 234 Å². The second-order valence-corrected chi connectivity index (χ2v) is 9.94. The molecule has 4 amide bonds. The number of hydrogen-bond donors (Lipinski definition) is 1. The second-order valence-electron chi connectivity index (χ2n) is 9.94. The zero-order valence-corrected chi connectivity index (χ0v) is 22.3. The molecule has 10 heteroatoms. The largest absolute Gasteiger partial charge is 0.454 e. The van der Waals surface area contributed by atoms with E-state index in [2.05, 4.69) is 17.8 Å². The molecule has 208 valence electrons. The lowest BCUT2D eigenvalue weighted by atomic mass is 10.00. The van der Waals surface area contributed by atoms with Crippen molar-refractivity contribution >= 4 is 17.8 Å². The lowest BCUT2D eigenvalue weighted by Crippen LogP contribution is -2.76. The minimum Gasteiger partial charge on any atom is -0.454 e.